The zero-order chi connectivity index (χ0) is 10.9. The van der Waals surface area contributed by atoms with E-state index in [1.807, 2.05) is 0 Å². The van der Waals surface area contributed by atoms with Crippen LogP contribution in [0.4, 0.5) is 0 Å². The summed E-state index contributed by atoms with van der Waals surface area (Å²) in [6.07, 6.45) is 0. The Bertz CT molecular complexity index is 358. The zero-order valence-corrected chi connectivity index (χ0v) is 8.38. The summed E-state index contributed by atoms with van der Waals surface area (Å²) < 4.78 is 0. The molecule has 0 fully saturated rings. The van der Waals surface area contributed by atoms with Gasteiger partial charge in [0.25, 0.3) is 0 Å². The standard InChI is InChI=1S/C8H7Cl2NO3/c9-4-1-3(12)2-5(10)6(4)7(11)8(13)14/h1-2,7,12H,11H2,(H,13,14). The second kappa shape index (κ2) is 4.04. The van der Waals surface area contributed by atoms with Gasteiger partial charge in [-0.3, -0.25) is 4.79 Å². The molecule has 0 aliphatic heterocycles. The van der Waals surface area contributed by atoms with Gasteiger partial charge in [-0.2, -0.15) is 0 Å². The molecule has 0 saturated carbocycles. The SMILES string of the molecule is NC(C(=O)O)c1c(Cl)cc(O)cc1Cl. The molecule has 1 atom stereocenters. The quantitative estimate of drug-likeness (QED) is 0.730. The highest BCUT2D eigenvalue weighted by atomic mass is 35.5. The summed E-state index contributed by atoms with van der Waals surface area (Å²) in [4.78, 5) is 10.6. The van der Waals surface area contributed by atoms with Gasteiger partial charge in [0.1, 0.15) is 11.8 Å². The molecule has 6 heteroatoms. The number of halogens is 2. The molecule has 0 saturated heterocycles. The fourth-order valence-corrected chi connectivity index (χ4v) is 1.70. The van der Waals surface area contributed by atoms with E-state index in [0.717, 1.165) is 0 Å². The van der Waals surface area contributed by atoms with Crippen LogP contribution in [0.1, 0.15) is 11.6 Å². The second-order valence-electron chi connectivity index (χ2n) is 2.64. The molecule has 0 aromatic heterocycles. The van der Waals surface area contributed by atoms with E-state index in [1.54, 1.807) is 0 Å². The number of phenolic OH excluding ortho intramolecular Hbond substituents is 1. The first-order valence-corrected chi connectivity index (χ1v) is 4.35. The Morgan fingerprint density at radius 2 is 1.79 bits per heavy atom. The molecule has 0 amide bonds. The lowest BCUT2D eigenvalue weighted by Crippen LogP contribution is -2.21. The van der Waals surface area contributed by atoms with Crippen LogP contribution in [-0.4, -0.2) is 16.2 Å². The number of rotatable bonds is 2. The third-order valence-corrected chi connectivity index (χ3v) is 2.27. The lowest BCUT2D eigenvalue weighted by Gasteiger charge is -2.11. The third-order valence-electron chi connectivity index (χ3n) is 1.64. The number of carboxylic acids is 1. The maximum Gasteiger partial charge on any atom is 0.325 e. The second-order valence-corrected chi connectivity index (χ2v) is 3.45. The molecular weight excluding hydrogens is 229 g/mol. The first-order valence-electron chi connectivity index (χ1n) is 3.59. The van der Waals surface area contributed by atoms with Gasteiger partial charge in [0.05, 0.1) is 10.0 Å². The lowest BCUT2D eigenvalue weighted by molar-refractivity contribution is -0.138. The van der Waals surface area contributed by atoms with Crippen molar-refractivity contribution in [2.75, 3.05) is 0 Å². The zero-order valence-electron chi connectivity index (χ0n) is 6.87. The number of carboxylic acid groups (broad SMARTS) is 1. The number of carbonyl (C=O) groups is 1. The van der Waals surface area contributed by atoms with E-state index >= 15 is 0 Å². The van der Waals surface area contributed by atoms with Gasteiger partial charge in [-0.15, -0.1) is 0 Å². The van der Waals surface area contributed by atoms with Gasteiger partial charge < -0.3 is 15.9 Å². The highest BCUT2D eigenvalue weighted by molar-refractivity contribution is 6.36. The molecule has 14 heavy (non-hydrogen) atoms. The molecule has 0 spiro atoms. The summed E-state index contributed by atoms with van der Waals surface area (Å²) >= 11 is 11.4. The largest absolute Gasteiger partial charge is 0.508 e. The number of aromatic hydroxyl groups is 1. The smallest absolute Gasteiger partial charge is 0.325 e. The van der Waals surface area contributed by atoms with Crippen molar-refractivity contribution >= 4 is 29.2 Å². The summed E-state index contributed by atoms with van der Waals surface area (Å²) in [6, 6.07) is 1.08. The normalized spacial score (nSPS) is 12.5. The maximum absolute atomic E-state index is 10.6. The van der Waals surface area contributed by atoms with E-state index in [-0.39, 0.29) is 21.4 Å². The van der Waals surface area contributed by atoms with Crippen molar-refractivity contribution in [3.05, 3.63) is 27.7 Å². The van der Waals surface area contributed by atoms with Crippen molar-refractivity contribution in [3.63, 3.8) is 0 Å². The van der Waals surface area contributed by atoms with Crippen molar-refractivity contribution < 1.29 is 15.0 Å². The predicted octanol–water partition coefficient (Wildman–Crippen LogP) is 1.78. The Hall–Kier alpha value is -0.970. The van der Waals surface area contributed by atoms with Gasteiger partial charge in [-0.05, 0) is 12.1 Å². The van der Waals surface area contributed by atoms with Gasteiger partial charge in [-0.25, -0.2) is 0 Å². The van der Waals surface area contributed by atoms with Crippen LogP contribution in [-0.2, 0) is 4.79 Å². The minimum Gasteiger partial charge on any atom is -0.508 e. The maximum atomic E-state index is 10.6. The fourth-order valence-electron chi connectivity index (χ4n) is 0.992. The molecular formula is C8H7Cl2NO3. The molecule has 1 aromatic carbocycles. The lowest BCUT2D eigenvalue weighted by atomic mass is 10.1. The summed E-state index contributed by atoms with van der Waals surface area (Å²) in [5.41, 5.74) is 5.44. The van der Waals surface area contributed by atoms with Crippen molar-refractivity contribution in [1.82, 2.24) is 0 Å². The highest BCUT2D eigenvalue weighted by Gasteiger charge is 2.21. The number of phenols is 1. The number of hydrogen-bond acceptors (Lipinski definition) is 3. The summed E-state index contributed by atoms with van der Waals surface area (Å²) in [5.74, 6) is -1.37. The number of nitrogens with two attached hydrogens (primary N) is 1. The van der Waals surface area contributed by atoms with E-state index in [0.29, 0.717) is 0 Å². The van der Waals surface area contributed by atoms with Crippen molar-refractivity contribution in [3.8, 4) is 5.75 Å². The van der Waals surface area contributed by atoms with E-state index < -0.39 is 12.0 Å². The Balaban J connectivity index is 3.27. The molecule has 0 radical (unpaired) electrons. The Morgan fingerprint density at radius 3 is 2.14 bits per heavy atom. The number of aliphatic carboxylic acids is 1. The van der Waals surface area contributed by atoms with Gasteiger partial charge >= 0.3 is 5.97 Å². The summed E-state index contributed by atoms with van der Waals surface area (Å²) in [5, 5.41) is 17.8. The Labute approximate surface area is 89.9 Å². The van der Waals surface area contributed by atoms with Gasteiger partial charge in [-0.1, -0.05) is 23.2 Å². The van der Waals surface area contributed by atoms with Gasteiger partial charge in [0, 0.05) is 5.56 Å². The van der Waals surface area contributed by atoms with Crippen molar-refractivity contribution in [1.29, 1.82) is 0 Å². The first-order chi connectivity index (χ1) is 6.43. The van der Waals surface area contributed by atoms with Gasteiger partial charge in [0.2, 0.25) is 0 Å². The molecule has 4 N–H and O–H groups in total. The van der Waals surface area contributed by atoms with Crippen LogP contribution in [0.5, 0.6) is 5.75 Å². The van der Waals surface area contributed by atoms with Crippen molar-refractivity contribution in [2.45, 2.75) is 6.04 Å². The molecule has 0 aliphatic rings. The van der Waals surface area contributed by atoms with Crippen LogP contribution >= 0.6 is 23.2 Å². The fraction of sp³-hybridized carbons (Fsp3) is 0.125. The predicted molar refractivity (Wildman–Crippen MR) is 52.7 cm³/mol. The van der Waals surface area contributed by atoms with E-state index in [9.17, 15) is 4.79 Å². The summed E-state index contributed by atoms with van der Waals surface area (Å²) in [6.45, 7) is 0. The molecule has 1 unspecified atom stereocenters. The van der Waals surface area contributed by atoms with Crippen LogP contribution in [0.3, 0.4) is 0 Å². The van der Waals surface area contributed by atoms with Crippen LogP contribution in [0.2, 0.25) is 10.0 Å². The molecule has 76 valence electrons. The average molecular weight is 236 g/mol. The van der Waals surface area contributed by atoms with E-state index in [4.69, 9.17) is 39.1 Å². The van der Waals surface area contributed by atoms with Crippen LogP contribution < -0.4 is 5.73 Å². The minimum absolute atomic E-state index is 0.0323. The Kier molecular flexibility index (Phi) is 3.21. The first kappa shape index (κ1) is 11.1. The van der Waals surface area contributed by atoms with E-state index in [2.05, 4.69) is 0 Å². The monoisotopic (exact) mass is 235 g/mol. The Morgan fingerprint density at radius 1 is 1.36 bits per heavy atom. The molecule has 4 nitrogen and oxygen atoms in total. The molecule has 1 aromatic rings. The third kappa shape index (κ3) is 2.09. The average Bonchev–Trinajstić information content (AvgIpc) is 2.01. The topological polar surface area (TPSA) is 83.6 Å². The van der Waals surface area contributed by atoms with Gasteiger partial charge in [0.15, 0.2) is 0 Å². The number of hydrogen-bond donors (Lipinski definition) is 3. The minimum atomic E-state index is -1.30. The van der Waals surface area contributed by atoms with Crippen LogP contribution in [0.15, 0.2) is 12.1 Å². The molecule has 1 rings (SSSR count). The molecule has 0 bridgehead atoms. The van der Waals surface area contributed by atoms with Crippen molar-refractivity contribution in [2.24, 2.45) is 5.73 Å². The summed E-state index contributed by atoms with van der Waals surface area (Å²) in [7, 11) is 0. The van der Waals surface area contributed by atoms with E-state index in [1.165, 1.54) is 12.1 Å². The molecule has 0 aliphatic carbocycles. The highest BCUT2D eigenvalue weighted by Crippen LogP contribution is 2.33. The van der Waals surface area contributed by atoms with Crippen LogP contribution in [0, 0.1) is 0 Å². The number of benzene rings is 1. The molecule has 0 heterocycles. The van der Waals surface area contributed by atoms with Crippen LogP contribution in [0.25, 0.3) is 0 Å².